The Morgan fingerprint density at radius 1 is 1.14 bits per heavy atom. The van der Waals surface area contributed by atoms with Crippen LogP contribution in [0.25, 0.3) is 0 Å². The molecule has 2 N–H and O–H groups in total. The first-order valence-corrected chi connectivity index (χ1v) is 8.39. The predicted molar refractivity (Wildman–Crippen MR) is 92.9 cm³/mol. The quantitative estimate of drug-likeness (QED) is 0.865. The molecule has 22 heavy (non-hydrogen) atoms. The molecule has 0 aliphatic heterocycles. The van der Waals surface area contributed by atoms with Crippen molar-refractivity contribution < 1.29 is 4.79 Å². The lowest BCUT2D eigenvalue weighted by atomic mass is 9.88. The van der Waals surface area contributed by atoms with E-state index in [1.807, 2.05) is 24.3 Å². The summed E-state index contributed by atoms with van der Waals surface area (Å²) in [6, 6.07) is 16.4. The van der Waals surface area contributed by atoms with Gasteiger partial charge in [-0.3, -0.25) is 4.79 Å². The number of benzene rings is 2. The molecule has 1 aliphatic carbocycles. The van der Waals surface area contributed by atoms with Gasteiger partial charge in [0.05, 0.1) is 12.2 Å². The van der Waals surface area contributed by atoms with E-state index in [9.17, 15) is 4.79 Å². The Bertz CT molecular complexity index is 672. The molecule has 1 amide bonds. The second-order valence-corrected chi connectivity index (χ2v) is 6.41. The highest BCUT2D eigenvalue weighted by atomic mass is 79.9. The number of para-hydroxylation sites is 1. The van der Waals surface area contributed by atoms with Gasteiger partial charge in [0.15, 0.2) is 0 Å². The Hall–Kier alpha value is -1.65. The van der Waals surface area contributed by atoms with Crippen molar-refractivity contribution in [2.75, 3.05) is 11.9 Å². The maximum absolute atomic E-state index is 12.1. The second kappa shape index (κ2) is 7.07. The van der Waals surface area contributed by atoms with Crippen LogP contribution in [0.4, 0.5) is 5.69 Å². The van der Waals surface area contributed by atoms with Crippen LogP contribution < -0.4 is 10.6 Å². The maximum atomic E-state index is 12.1. The molecule has 2 aromatic rings. The lowest BCUT2D eigenvalue weighted by molar-refractivity contribution is -0.115. The molecule has 114 valence electrons. The second-order valence-electron chi connectivity index (χ2n) is 5.55. The molecule has 0 unspecified atom stereocenters. The molecule has 3 rings (SSSR count). The zero-order valence-electron chi connectivity index (χ0n) is 12.3. The number of carbonyl (C=O) groups excluding carboxylic acids is 1. The summed E-state index contributed by atoms with van der Waals surface area (Å²) in [7, 11) is 0. The van der Waals surface area contributed by atoms with Crippen LogP contribution in [0.1, 0.15) is 30.0 Å². The number of amides is 1. The zero-order chi connectivity index (χ0) is 15.4. The largest absolute Gasteiger partial charge is 0.324 e. The molecule has 3 nitrogen and oxygen atoms in total. The van der Waals surface area contributed by atoms with Gasteiger partial charge in [0.1, 0.15) is 0 Å². The summed E-state index contributed by atoms with van der Waals surface area (Å²) >= 11 is 3.44. The Labute approximate surface area is 139 Å². The topological polar surface area (TPSA) is 41.1 Å². The van der Waals surface area contributed by atoms with Crippen molar-refractivity contribution in [3.05, 3.63) is 64.1 Å². The number of anilines is 1. The summed E-state index contributed by atoms with van der Waals surface area (Å²) in [5.41, 5.74) is 3.54. The van der Waals surface area contributed by atoms with E-state index in [4.69, 9.17) is 0 Å². The van der Waals surface area contributed by atoms with Gasteiger partial charge in [-0.25, -0.2) is 0 Å². The number of hydrogen-bond donors (Lipinski definition) is 2. The van der Waals surface area contributed by atoms with Gasteiger partial charge in [0.2, 0.25) is 5.91 Å². The number of rotatable bonds is 4. The number of hydrogen-bond acceptors (Lipinski definition) is 2. The summed E-state index contributed by atoms with van der Waals surface area (Å²) in [4.78, 5) is 12.1. The fraction of sp³-hybridized carbons (Fsp3) is 0.278. The molecule has 1 aliphatic rings. The highest BCUT2D eigenvalue weighted by molar-refractivity contribution is 9.10. The lowest BCUT2D eigenvalue weighted by Gasteiger charge is -2.26. The van der Waals surface area contributed by atoms with Gasteiger partial charge in [-0.1, -0.05) is 36.4 Å². The van der Waals surface area contributed by atoms with Crippen molar-refractivity contribution >= 4 is 27.5 Å². The Kier molecular flexibility index (Phi) is 4.90. The molecular formula is C18H19BrN2O. The maximum Gasteiger partial charge on any atom is 0.238 e. The average Bonchev–Trinajstić information content (AvgIpc) is 2.55. The van der Waals surface area contributed by atoms with Crippen LogP contribution in [0.3, 0.4) is 0 Å². The first kappa shape index (κ1) is 15.3. The minimum atomic E-state index is -0.0186. The third kappa shape index (κ3) is 3.57. The molecule has 0 saturated carbocycles. The number of fused-ring (bicyclic) bond motifs is 1. The van der Waals surface area contributed by atoms with E-state index in [-0.39, 0.29) is 11.9 Å². The summed E-state index contributed by atoms with van der Waals surface area (Å²) in [5, 5.41) is 6.32. The van der Waals surface area contributed by atoms with Crippen LogP contribution in [-0.2, 0) is 11.2 Å². The molecule has 0 aromatic heterocycles. The van der Waals surface area contributed by atoms with E-state index in [1.54, 1.807) is 0 Å². The highest BCUT2D eigenvalue weighted by Gasteiger charge is 2.19. The smallest absolute Gasteiger partial charge is 0.238 e. The average molecular weight is 359 g/mol. The van der Waals surface area contributed by atoms with Crippen molar-refractivity contribution in [3.63, 3.8) is 0 Å². The first-order chi connectivity index (χ1) is 10.7. The highest BCUT2D eigenvalue weighted by Crippen LogP contribution is 2.29. The SMILES string of the molecule is O=C(CN[C@@H]1CCCc2ccccc21)Nc1ccccc1Br. The molecule has 1 atom stereocenters. The monoisotopic (exact) mass is 358 g/mol. The molecule has 0 spiro atoms. The molecule has 0 radical (unpaired) electrons. The normalized spacial score (nSPS) is 16.9. The predicted octanol–water partition coefficient (Wildman–Crippen LogP) is 4.05. The third-order valence-electron chi connectivity index (χ3n) is 4.03. The van der Waals surface area contributed by atoms with Crippen molar-refractivity contribution in [2.24, 2.45) is 0 Å². The standard InChI is InChI=1S/C18H19BrN2O/c19-15-9-3-4-10-17(15)21-18(22)12-20-16-11-5-7-13-6-1-2-8-14(13)16/h1-4,6,8-10,16,20H,5,7,11-12H2,(H,21,22)/t16-/m1/s1. The van der Waals surface area contributed by atoms with Crippen molar-refractivity contribution in [1.29, 1.82) is 0 Å². The Morgan fingerprint density at radius 3 is 2.77 bits per heavy atom. The molecule has 0 saturated heterocycles. The number of aryl methyl sites for hydroxylation is 1. The van der Waals surface area contributed by atoms with Gasteiger partial charge < -0.3 is 10.6 Å². The summed E-state index contributed by atoms with van der Waals surface area (Å²) < 4.78 is 0.895. The van der Waals surface area contributed by atoms with Crippen LogP contribution >= 0.6 is 15.9 Å². The van der Waals surface area contributed by atoms with E-state index < -0.39 is 0 Å². The first-order valence-electron chi connectivity index (χ1n) is 7.59. The van der Waals surface area contributed by atoms with Gasteiger partial charge in [-0.2, -0.15) is 0 Å². The van der Waals surface area contributed by atoms with Gasteiger partial charge in [-0.15, -0.1) is 0 Å². The van der Waals surface area contributed by atoms with Gasteiger partial charge in [0, 0.05) is 10.5 Å². The molecular weight excluding hydrogens is 340 g/mol. The number of carbonyl (C=O) groups is 1. The Morgan fingerprint density at radius 2 is 1.91 bits per heavy atom. The van der Waals surface area contributed by atoms with Crippen molar-refractivity contribution in [1.82, 2.24) is 5.32 Å². The summed E-state index contributed by atoms with van der Waals surface area (Å²) in [6.07, 6.45) is 3.39. The summed E-state index contributed by atoms with van der Waals surface area (Å²) in [5.74, 6) is -0.0186. The minimum Gasteiger partial charge on any atom is -0.324 e. The molecule has 0 bridgehead atoms. The lowest BCUT2D eigenvalue weighted by Crippen LogP contribution is -2.33. The summed E-state index contributed by atoms with van der Waals surface area (Å²) in [6.45, 7) is 0.320. The van der Waals surface area contributed by atoms with E-state index in [0.29, 0.717) is 6.54 Å². The molecule has 2 aromatic carbocycles. The van der Waals surface area contributed by atoms with Gasteiger partial charge >= 0.3 is 0 Å². The molecule has 4 heteroatoms. The van der Waals surface area contributed by atoms with E-state index in [1.165, 1.54) is 17.5 Å². The molecule has 0 fully saturated rings. The van der Waals surface area contributed by atoms with Crippen LogP contribution in [0, 0.1) is 0 Å². The zero-order valence-corrected chi connectivity index (χ0v) is 13.9. The van der Waals surface area contributed by atoms with Crippen molar-refractivity contribution in [3.8, 4) is 0 Å². The fourth-order valence-corrected chi connectivity index (χ4v) is 3.32. The number of nitrogens with one attached hydrogen (secondary N) is 2. The fourth-order valence-electron chi connectivity index (χ4n) is 2.94. The van der Waals surface area contributed by atoms with Crippen LogP contribution in [0.15, 0.2) is 53.0 Å². The van der Waals surface area contributed by atoms with Crippen molar-refractivity contribution in [2.45, 2.75) is 25.3 Å². The van der Waals surface area contributed by atoms with Crippen LogP contribution in [-0.4, -0.2) is 12.5 Å². The van der Waals surface area contributed by atoms with E-state index in [0.717, 1.165) is 23.0 Å². The van der Waals surface area contributed by atoms with Crippen LogP contribution in [0.2, 0.25) is 0 Å². The van der Waals surface area contributed by atoms with Crippen LogP contribution in [0.5, 0.6) is 0 Å². The molecule has 0 heterocycles. The minimum absolute atomic E-state index is 0.0186. The number of halogens is 1. The Balaban J connectivity index is 1.59. The van der Waals surface area contributed by atoms with Gasteiger partial charge in [0.25, 0.3) is 0 Å². The third-order valence-corrected chi connectivity index (χ3v) is 4.72. The van der Waals surface area contributed by atoms with E-state index >= 15 is 0 Å². The van der Waals surface area contributed by atoms with E-state index in [2.05, 4.69) is 50.8 Å². The van der Waals surface area contributed by atoms with Gasteiger partial charge in [-0.05, 0) is 58.5 Å².